The van der Waals surface area contributed by atoms with Gasteiger partial charge in [0, 0.05) is 0 Å². The first kappa shape index (κ1) is 9.85. The second-order valence-electron chi connectivity index (χ2n) is 2.81. The van der Waals surface area contributed by atoms with Crippen molar-refractivity contribution < 1.29 is 25.2 Å². The van der Waals surface area contributed by atoms with Crippen molar-refractivity contribution in [2.24, 2.45) is 5.73 Å². The van der Waals surface area contributed by atoms with E-state index in [-0.39, 0.29) is 0 Å². The first-order valence-corrected chi connectivity index (χ1v) is 3.64. The third kappa shape index (κ3) is 1.58. The Balaban J connectivity index is 2.63. The highest BCUT2D eigenvalue weighted by atomic mass is 16.6. The number of hydrogen-bond donors (Lipinski definition) is 5. The van der Waals surface area contributed by atoms with Gasteiger partial charge in [-0.15, -0.1) is 0 Å². The van der Waals surface area contributed by atoms with Crippen LogP contribution in [0.2, 0.25) is 0 Å². The Hall–Kier alpha value is -0.240. The van der Waals surface area contributed by atoms with Gasteiger partial charge >= 0.3 is 0 Å². The molecule has 0 spiro atoms. The molecule has 1 aliphatic rings. The first-order valence-electron chi connectivity index (χ1n) is 3.64. The van der Waals surface area contributed by atoms with E-state index in [2.05, 4.69) is 4.74 Å². The fraction of sp³-hybridized carbons (Fsp3) is 1.00. The predicted molar refractivity (Wildman–Crippen MR) is 38.0 cm³/mol. The van der Waals surface area contributed by atoms with Crippen LogP contribution in [0.5, 0.6) is 0 Å². The van der Waals surface area contributed by atoms with Crippen molar-refractivity contribution in [3.63, 3.8) is 0 Å². The van der Waals surface area contributed by atoms with Crippen molar-refractivity contribution in [2.75, 3.05) is 6.61 Å². The SMILES string of the molecule is NC1C(O)[C@H](CO)OC(O)[C@H]1O. The summed E-state index contributed by atoms with van der Waals surface area (Å²) >= 11 is 0. The molecule has 0 bridgehead atoms. The molecule has 0 saturated carbocycles. The molecule has 1 saturated heterocycles. The Kier molecular flexibility index (Phi) is 2.99. The maximum atomic E-state index is 9.24. The van der Waals surface area contributed by atoms with Gasteiger partial charge in [0.25, 0.3) is 0 Å². The lowest BCUT2D eigenvalue weighted by molar-refractivity contribution is -0.258. The molecule has 1 rings (SSSR count). The lowest BCUT2D eigenvalue weighted by Crippen LogP contribution is -2.62. The third-order valence-corrected chi connectivity index (χ3v) is 1.96. The molecule has 72 valence electrons. The fourth-order valence-electron chi connectivity index (χ4n) is 1.13. The predicted octanol–water partition coefficient (Wildman–Crippen LogP) is -3.25. The van der Waals surface area contributed by atoms with Gasteiger partial charge in [0.05, 0.1) is 12.6 Å². The summed E-state index contributed by atoms with van der Waals surface area (Å²) in [6, 6.07) is -0.995. The molecule has 0 aliphatic carbocycles. The Labute approximate surface area is 69.2 Å². The summed E-state index contributed by atoms with van der Waals surface area (Å²) in [5.41, 5.74) is 5.33. The van der Waals surface area contributed by atoms with Gasteiger partial charge < -0.3 is 30.9 Å². The number of hydrogen-bond acceptors (Lipinski definition) is 6. The lowest BCUT2D eigenvalue weighted by Gasteiger charge is -2.38. The summed E-state index contributed by atoms with van der Waals surface area (Å²) in [6.07, 6.45) is -4.85. The minimum absolute atomic E-state index is 0.446. The summed E-state index contributed by atoms with van der Waals surface area (Å²) in [7, 11) is 0. The monoisotopic (exact) mass is 179 g/mol. The molecule has 12 heavy (non-hydrogen) atoms. The van der Waals surface area contributed by atoms with Gasteiger partial charge in [-0.25, -0.2) is 0 Å². The molecule has 0 aromatic heterocycles. The zero-order valence-electron chi connectivity index (χ0n) is 6.37. The number of rotatable bonds is 1. The largest absolute Gasteiger partial charge is 0.394 e. The van der Waals surface area contributed by atoms with E-state index < -0.39 is 37.3 Å². The molecule has 1 fully saturated rings. The van der Waals surface area contributed by atoms with Gasteiger partial charge in [0.2, 0.25) is 0 Å². The van der Waals surface area contributed by atoms with Gasteiger partial charge in [0.1, 0.15) is 18.3 Å². The van der Waals surface area contributed by atoms with E-state index >= 15 is 0 Å². The van der Waals surface area contributed by atoms with E-state index in [0.29, 0.717) is 0 Å². The average Bonchev–Trinajstić information content (AvgIpc) is 2.08. The maximum Gasteiger partial charge on any atom is 0.183 e. The Morgan fingerprint density at radius 3 is 2.25 bits per heavy atom. The van der Waals surface area contributed by atoms with Gasteiger partial charge in [0.15, 0.2) is 6.29 Å². The van der Waals surface area contributed by atoms with Crippen molar-refractivity contribution >= 4 is 0 Å². The lowest BCUT2D eigenvalue weighted by atomic mass is 9.97. The van der Waals surface area contributed by atoms with E-state index in [9.17, 15) is 5.11 Å². The van der Waals surface area contributed by atoms with Crippen LogP contribution in [0.15, 0.2) is 0 Å². The summed E-state index contributed by atoms with van der Waals surface area (Å²) in [6.45, 7) is -0.446. The van der Waals surface area contributed by atoms with Crippen LogP contribution in [0.1, 0.15) is 0 Å². The Bertz CT molecular complexity index is 150. The van der Waals surface area contributed by atoms with Crippen LogP contribution in [0.25, 0.3) is 0 Å². The van der Waals surface area contributed by atoms with Crippen LogP contribution in [-0.4, -0.2) is 57.7 Å². The summed E-state index contributed by atoms with van der Waals surface area (Å²) in [4.78, 5) is 0. The number of nitrogens with two attached hydrogens (primary N) is 1. The number of aliphatic hydroxyl groups is 4. The third-order valence-electron chi connectivity index (χ3n) is 1.96. The van der Waals surface area contributed by atoms with Crippen LogP contribution in [0.3, 0.4) is 0 Å². The van der Waals surface area contributed by atoms with Crippen LogP contribution in [0, 0.1) is 0 Å². The normalized spacial score (nSPS) is 49.2. The van der Waals surface area contributed by atoms with Crippen molar-refractivity contribution in [3.05, 3.63) is 0 Å². The summed E-state index contributed by atoms with van der Waals surface area (Å²) < 4.78 is 4.66. The summed E-state index contributed by atoms with van der Waals surface area (Å²) in [5.74, 6) is 0. The molecule has 3 unspecified atom stereocenters. The number of aliphatic hydroxyl groups excluding tert-OH is 4. The van der Waals surface area contributed by atoms with Crippen molar-refractivity contribution in [2.45, 2.75) is 30.6 Å². The molecule has 0 aromatic rings. The quantitative estimate of drug-likeness (QED) is 0.288. The van der Waals surface area contributed by atoms with E-state index in [4.69, 9.17) is 21.1 Å². The second kappa shape index (κ2) is 3.65. The highest BCUT2D eigenvalue weighted by molar-refractivity contribution is 4.90. The van der Waals surface area contributed by atoms with Crippen LogP contribution < -0.4 is 5.73 Å². The molecular weight excluding hydrogens is 166 g/mol. The topological polar surface area (TPSA) is 116 Å². The zero-order chi connectivity index (χ0) is 9.30. The van der Waals surface area contributed by atoms with E-state index in [0.717, 1.165) is 0 Å². The van der Waals surface area contributed by atoms with Gasteiger partial charge in [-0.05, 0) is 0 Å². The molecule has 0 amide bonds. The molecule has 6 N–H and O–H groups in total. The molecule has 6 heteroatoms. The Morgan fingerprint density at radius 1 is 1.17 bits per heavy atom. The maximum absolute atomic E-state index is 9.24. The molecular formula is C6H13NO5. The minimum atomic E-state index is -1.44. The standard InChI is InChI=1S/C6H13NO5/c7-3-4(9)2(1-8)12-6(11)5(3)10/h2-6,8-11H,1,7H2/t2-,3?,4?,5-,6?/m0/s1. The molecule has 1 aliphatic heterocycles. The van der Waals surface area contributed by atoms with Crippen LogP contribution >= 0.6 is 0 Å². The van der Waals surface area contributed by atoms with Crippen molar-refractivity contribution in [1.82, 2.24) is 0 Å². The van der Waals surface area contributed by atoms with Crippen molar-refractivity contribution in [1.29, 1.82) is 0 Å². The molecule has 6 nitrogen and oxygen atoms in total. The minimum Gasteiger partial charge on any atom is -0.394 e. The first-order chi connectivity index (χ1) is 5.57. The van der Waals surface area contributed by atoms with Crippen LogP contribution in [-0.2, 0) is 4.74 Å². The highest BCUT2D eigenvalue weighted by Crippen LogP contribution is 2.17. The van der Waals surface area contributed by atoms with Crippen molar-refractivity contribution in [3.8, 4) is 0 Å². The zero-order valence-corrected chi connectivity index (χ0v) is 6.37. The second-order valence-corrected chi connectivity index (χ2v) is 2.81. The van der Waals surface area contributed by atoms with Gasteiger partial charge in [-0.2, -0.15) is 0 Å². The fourth-order valence-corrected chi connectivity index (χ4v) is 1.13. The van der Waals surface area contributed by atoms with E-state index in [1.54, 1.807) is 0 Å². The molecule has 0 aromatic carbocycles. The van der Waals surface area contributed by atoms with Crippen LogP contribution in [0.4, 0.5) is 0 Å². The average molecular weight is 179 g/mol. The smallest absolute Gasteiger partial charge is 0.183 e. The molecule has 5 atom stereocenters. The van der Waals surface area contributed by atoms with E-state index in [1.165, 1.54) is 0 Å². The van der Waals surface area contributed by atoms with E-state index in [1.807, 2.05) is 0 Å². The summed E-state index contributed by atoms with van der Waals surface area (Å²) in [5, 5.41) is 36.0. The highest BCUT2D eigenvalue weighted by Gasteiger charge is 2.41. The Morgan fingerprint density at radius 2 is 1.75 bits per heavy atom. The van der Waals surface area contributed by atoms with Gasteiger partial charge in [-0.3, -0.25) is 0 Å². The molecule has 0 radical (unpaired) electrons. The van der Waals surface area contributed by atoms with Gasteiger partial charge in [-0.1, -0.05) is 0 Å². The molecule has 1 heterocycles. The number of ether oxygens (including phenoxy) is 1.